The summed E-state index contributed by atoms with van der Waals surface area (Å²) in [5, 5.41) is 6.66. The number of amides is 1. The van der Waals surface area contributed by atoms with Crippen molar-refractivity contribution in [2.45, 2.75) is 19.8 Å². The van der Waals surface area contributed by atoms with E-state index in [9.17, 15) is 4.79 Å². The summed E-state index contributed by atoms with van der Waals surface area (Å²) in [6.45, 7) is 1.92. The van der Waals surface area contributed by atoms with Gasteiger partial charge in [-0.25, -0.2) is 0 Å². The highest BCUT2D eigenvalue weighted by atomic mass is 35.5. The monoisotopic (exact) mass is 332 g/mol. The molecule has 0 radical (unpaired) electrons. The Morgan fingerprint density at radius 2 is 1.91 bits per heavy atom. The smallest absolute Gasteiger partial charge is 0.226 e. The third kappa shape index (κ3) is 5.13. The molecule has 0 bridgehead atoms. The van der Waals surface area contributed by atoms with Crippen molar-refractivity contribution in [2.75, 3.05) is 5.32 Å². The molecule has 0 saturated heterocycles. The molecule has 0 aliphatic heterocycles. The number of hydrogen-bond donors (Lipinski definition) is 2. The topological polar surface area (TPSA) is 41.1 Å². The number of carbonyl (C=O) groups is 1. The Bertz CT molecular complexity index is 674. The Hall–Kier alpha value is -1.91. The van der Waals surface area contributed by atoms with Crippen LogP contribution in [0.2, 0.25) is 5.02 Å². The molecule has 2 aromatic carbocycles. The largest absolute Gasteiger partial charge is 0.332 e. The highest BCUT2D eigenvalue weighted by Gasteiger charge is 2.07. The van der Waals surface area contributed by atoms with E-state index in [4.69, 9.17) is 23.8 Å². The van der Waals surface area contributed by atoms with E-state index in [0.717, 1.165) is 16.8 Å². The molecule has 2 N–H and O–H groups in total. The zero-order chi connectivity index (χ0) is 15.9. The molecule has 0 unspecified atom stereocenters. The van der Waals surface area contributed by atoms with E-state index < -0.39 is 0 Å². The van der Waals surface area contributed by atoms with Gasteiger partial charge < -0.3 is 10.6 Å². The molecule has 2 aromatic rings. The number of thiocarbonyl (C=S) groups is 1. The molecule has 5 heteroatoms. The lowest BCUT2D eigenvalue weighted by Gasteiger charge is -2.12. The van der Waals surface area contributed by atoms with Crippen LogP contribution in [-0.2, 0) is 11.2 Å². The number of halogens is 1. The van der Waals surface area contributed by atoms with Gasteiger partial charge in [-0.1, -0.05) is 41.9 Å². The van der Waals surface area contributed by atoms with Crippen molar-refractivity contribution in [1.29, 1.82) is 0 Å². The van der Waals surface area contributed by atoms with Crippen LogP contribution in [0, 0.1) is 6.92 Å². The molecule has 0 spiro atoms. The van der Waals surface area contributed by atoms with Crippen molar-refractivity contribution in [3.8, 4) is 0 Å². The molecule has 1 amide bonds. The minimum atomic E-state index is -0.104. The van der Waals surface area contributed by atoms with Gasteiger partial charge in [0.05, 0.1) is 0 Å². The fourth-order valence-electron chi connectivity index (χ4n) is 2.01. The number of benzene rings is 2. The highest BCUT2D eigenvalue weighted by molar-refractivity contribution is 7.80. The van der Waals surface area contributed by atoms with Crippen LogP contribution in [0.3, 0.4) is 0 Å². The third-order valence-corrected chi connectivity index (χ3v) is 3.61. The van der Waals surface area contributed by atoms with Crippen molar-refractivity contribution in [2.24, 2.45) is 0 Å². The zero-order valence-corrected chi connectivity index (χ0v) is 13.8. The molecule has 22 heavy (non-hydrogen) atoms. The zero-order valence-electron chi connectivity index (χ0n) is 12.2. The van der Waals surface area contributed by atoms with E-state index in [1.807, 2.05) is 49.4 Å². The first kappa shape index (κ1) is 16.5. The summed E-state index contributed by atoms with van der Waals surface area (Å²) in [6, 6.07) is 15.3. The molecule has 2 rings (SSSR count). The highest BCUT2D eigenvalue weighted by Crippen LogP contribution is 2.19. The molecule has 3 nitrogen and oxygen atoms in total. The fraction of sp³-hybridized carbons (Fsp3) is 0.176. The summed E-state index contributed by atoms with van der Waals surface area (Å²) in [5.74, 6) is -0.104. The Morgan fingerprint density at radius 3 is 2.59 bits per heavy atom. The van der Waals surface area contributed by atoms with Crippen molar-refractivity contribution in [3.05, 3.63) is 64.7 Å². The molecule has 0 heterocycles. The van der Waals surface area contributed by atoms with Gasteiger partial charge in [0.1, 0.15) is 0 Å². The Morgan fingerprint density at radius 1 is 1.18 bits per heavy atom. The van der Waals surface area contributed by atoms with E-state index in [1.165, 1.54) is 0 Å². The second-order valence-corrected chi connectivity index (χ2v) is 5.79. The number of anilines is 1. The maximum Gasteiger partial charge on any atom is 0.226 e. The summed E-state index contributed by atoms with van der Waals surface area (Å²) >= 11 is 11.1. The van der Waals surface area contributed by atoms with Gasteiger partial charge in [0.2, 0.25) is 5.91 Å². The second-order valence-electron chi connectivity index (χ2n) is 4.95. The third-order valence-electron chi connectivity index (χ3n) is 3.17. The van der Waals surface area contributed by atoms with E-state index >= 15 is 0 Å². The summed E-state index contributed by atoms with van der Waals surface area (Å²) in [5.41, 5.74) is 2.93. The van der Waals surface area contributed by atoms with E-state index in [0.29, 0.717) is 23.0 Å². The molecular weight excluding hydrogens is 316 g/mol. The molecule has 0 aliphatic carbocycles. The summed E-state index contributed by atoms with van der Waals surface area (Å²) in [7, 11) is 0. The van der Waals surface area contributed by atoms with Crippen molar-refractivity contribution >= 4 is 40.5 Å². The predicted molar refractivity (Wildman–Crippen MR) is 95.3 cm³/mol. The van der Waals surface area contributed by atoms with Crippen LogP contribution in [0.4, 0.5) is 5.69 Å². The van der Waals surface area contributed by atoms with E-state index in [1.54, 1.807) is 6.07 Å². The van der Waals surface area contributed by atoms with Gasteiger partial charge in [-0.2, -0.15) is 0 Å². The summed E-state index contributed by atoms with van der Waals surface area (Å²) in [6.07, 6.45) is 1.08. The first-order valence-electron chi connectivity index (χ1n) is 6.95. The van der Waals surface area contributed by atoms with Gasteiger partial charge in [0.25, 0.3) is 0 Å². The Balaban J connectivity index is 1.82. The molecule has 0 atom stereocenters. The number of rotatable bonds is 4. The molecular formula is C17H17ClN2OS. The van der Waals surface area contributed by atoms with E-state index in [2.05, 4.69) is 10.6 Å². The van der Waals surface area contributed by atoms with Crippen molar-refractivity contribution < 1.29 is 4.79 Å². The van der Waals surface area contributed by atoms with Crippen LogP contribution < -0.4 is 10.6 Å². The molecule has 0 fully saturated rings. The lowest BCUT2D eigenvalue weighted by molar-refractivity contribution is -0.119. The summed E-state index contributed by atoms with van der Waals surface area (Å²) < 4.78 is 0. The van der Waals surface area contributed by atoms with Gasteiger partial charge in [-0.15, -0.1) is 0 Å². The molecule has 0 aromatic heterocycles. The average Bonchev–Trinajstić information content (AvgIpc) is 2.49. The van der Waals surface area contributed by atoms with Crippen LogP contribution >= 0.6 is 23.8 Å². The number of aryl methyl sites for hydroxylation is 2. The van der Waals surface area contributed by atoms with Crippen LogP contribution in [0.5, 0.6) is 0 Å². The fourth-order valence-corrected chi connectivity index (χ4v) is 2.46. The number of carbonyl (C=O) groups excluding carboxylic acids is 1. The lowest BCUT2D eigenvalue weighted by atomic mass is 10.1. The van der Waals surface area contributed by atoms with Crippen LogP contribution in [0.25, 0.3) is 0 Å². The average molecular weight is 333 g/mol. The van der Waals surface area contributed by atoms with Gasteiger partial charge in [-0.05, 0) is 54.9 Å². The summed E-state index contributed by atoms with van der Waals surface area (Å²) in [4.78, 5) is 11.9. The normalized spacial score (nSPS) is 10.1. The van der Waals surface area contributed by atoms with Crippen LogP contribution in [0.15, 0.2) is 48.5 Å². The maximum atomic E-state index is 11.9. The quantitative estimate of drug-likeness (QED) is 0.828. The van der Waals surface area contributed by atoms with E-state index in [-0.39, 0.29) is 5.91 Å². The molecule has 114 valence electrons. The number of nitrogens with one attached hydrogen (secondary N) is 2. The Kier molecular flexibility index (Phi) is 5.92. The van der Waals surface area contributed by atoms with Crippen LogP contribution in [-0.4, -0.2) is 11.0 Å². The standard InChI is InChI=1S/C17H17ClN2OS/c1-12-11-14(18)8-9-15(12)19-17(22)20-16(21)10-7-13-5-3-2-4-6-13/h2-6,8-9,11H,7,10H2,1H3,(H2,19,20,21,22). The second kappa shape index (κ2) is 7.92. The molecule has 0 aliphatic rings. The van der Waals surface area contributed by atoms with Gasteiger partial charge in [-0.3, -0.25) is 4.79 Å². The van der Waals surface area contributed by atoms with Crippen LogP contribution in [0.1, 0.15) is 17.5 Å². The lowest BCUT2D eigenvalue weighted by Crippen LogP contribution is -2.34. The minimum Gasteiger partial charge on any atom is -0.332 e. The Labute approximate surface area is 140 Å². The maximum absolute atomic E-state index is 11.9. The van der Waals surface area contributed by atoms with Crippen molar-refractivity contribution in [3.63, 3.8) is 0 Å². The van der Waals surface area contributed by atoms with Gasteiger partial charge in [0, 0.05) is 17.1 Å². The first-order valence-corrected chi connectivity index (χ1v) is 7.74. The van der Waals surface area contributed by atoms with Gasteiger partial charge in [0.15, 0.2) is 5.11 Å². The first-order chi connectivity index (χ1) is 10.5. The SMILES string of the molecule is Cc1cc(Cl)ccc1NC(=S)NC(=O)CCc1ccccc1. The number of hydrogen-bond acceptors (Lipinski definition) is 2. The molecule has 0 saturated carbocycles. The van der Waals surface area contributed by atoms with Crippen molar-refractivity contribution in [1.82, 2.24) is 5.32 Å². The van der Waals surface area contributed by atoms with Gasteiger partial charge >= 0.3 is 0 Å². The minimum absolute atomic E-state index is 0.104. The predicted octanol–water partition coefficient (Wildman–Crippen LogP) is 4.09.